The smallest absolute Gasteiger partial charge is 0.262 e. The number of sulfonamides is 1. The van der Waals surface area contributed by atoms with E-state index in [2.05, 4.69) is 10.0 Å². The quantitative estimate of drug-likeness (QED) is 0.591. The number of amides is 1. The number of methoxy groups -OCH3 is 1. The lowest BCUT2D eigenvalue weighted by Crippen LogP contribution is -2.23. The Morgan fingerprint density at radius 3 is 2.31 bits per heavy atom. The molecule has 0 saturated heterocycles. The lowest BCUT2D eigenvalue weighted by molar-refractivity contribution is 0.0951. The second-order valence-electron chi connectivity index (χ2n) is 6.10. The molecule has 29 heavy (non-hydrogen) atoms. The Kier molecular flexibility index (Phi) is 6.41. The first-order chi connectivity index (χ1) is 13.9. The van der Waals surface area contributed by atoms with Gasteiger partial charge in [0.2, 0.25) is 0 Å². The molecule has 0 aliphatic rings. The number of hydrogen-bond donors (Lipinski definition) is 2. The number of carbonyl (C=O) groups excluding carboxylic acids is 1. The summed E-state index contributed by atoms with van der Waals surface area (Å²) in [5.74, 6) is 0.0817. The van der Waals surface area contributed by atoms with Gasteiger partial charge >= 0.3 is 0 Å². The van der Waals surface area contributed by atoms with Gasteiger partial charge in [-0.1, -0.05) is 41.9 Å². The number of rotatable bonds is 7. The highest BCUT2D eigenvalue weighted by Crippen LogP contribution is 2.26. The summed E-state index contributed by atoms with van der Waals surface area (Å²) in [7, 11) is -2.37. The molecule has 3 rings (SSSR count). The summed E-state index contributed by atoms with van der Waals surface area (Å²) in [6, 6.07) is 19.6. The summed E-state index contributed by atoms with van der Waals surface area (Å²) in [4.78, 5) is 12.4. The summed E-state index contributed by atoms with van der Waals surface area (Å²) in [5.41, 5.74) is 1.47. The molecule has 150 valence electrons. The molecule has 0 fully saturated rings. The molecule has 1 amide bonds. The van der Waals surface area contributed by atoms with Crippen molar-refractivity contribution < 1.29 is 17.9 Å². The van der Waals surface area contributed by atoms with Crippen molar-refractivity contribution >= 4 is 33.2 Å². The van der Waals surface area contributed by atoms with Gasteiger partial charge in [0.05, 0.1) is 17.7 Å². The van der Waals surface area contributed by atoms with E-state index in [1.165, 1.54) is 31.4 Å². The minimum atomic E-state index is -3.83. The second-order valence-corrected chi connectivity index (χ2v) is 8.19. The van der Waals surface area contributed by atoms with Crippen LogP contribution in [-0.4, -0.2) is 21.4 Å². The van der Waals surface area contributed by atoms with Gasteiger partial charge in [-0.05, 0) is 48.0 Å². The standard InChI is InChI=1S/C21H19ClN2O4S/c1-28-20-9-5-4-8-19(20)24-29(26,27)17-12-10-15(11-13-17)21(25)23-14-16-6-2-3-7-18(16)22/h2-13,24H,14H2,1H3,(H,23,25). The Morgan fingerprint density at radius 1 is 0.966 bits per heavy atom. The maximum Gasteiger partial charge on any atom is 0.262 e. The average molecular weight is 431 g/mol. The third-order valence-corrected chi connectivity index (χ3v) is 5.93. The molecule has 0 radical (unpaired) electrons. The van der Waals surface area contributed by atoms with Gasteiger partial charge in [0.25, 0.3) is 15.9 Å². The predicted octanol–water partition coefficient (Wildman–Crippen LogP) is 4.08. The van der Waals surface area contributed by atoms with Crippen LogP contribution in [0.1, 0.15) is 15.9 Å². The zero-order valence-corrected chi connectivity index (χ0v) is 17.1. The first-order valence-corrected chi connectivity index (χ1v) is 10.5. The maximum absolute atomic E-state index is 12.6. The monoisotopic (exact) mass is 430 g/mol. The van der Waals surface area contributed by atoms with Crippen LogP contribution in [0.4, 0.5) is 5.69 Å². The van der Waals surface area contributed by atoms with Crippen molar-refractivity contribution in [1.29, 1.82) is 0 Å². The van der Waals surface area contributed by atoms with Gasteiger partial charge in [0.1, 0.15) is 5.75 Å². The summed E-state index contributed by atoms with van der Waals surface area (Å²) >= 11 is 6.08. The molecule has 3 aromatic rings. The zero-order chi connectivity index (χ0) is 20.9. The Balaban J connectivity index is 1.70. The van der Waals surface area contributed by atoms with Gasteiger partial charge in [-0.2, -0.15) is 0 Å². The van der Waals surface area contributed by atoms with Crippen molar-refractivity contribution in [2.24, 2.45) is 0 Å². The van der Waals surface area contributed by atoms with Crippen molar-refractivity contribution in [2.45, 2.75) is 11.4 Å². The number of carbonyl (C=O) groups is 1. The molecule has 6 nitrogen and oxygen atoms in total. The molecule has 0 aromatic heterocycles. The largest absolute Gasteiger partial charge is 0.495 e. The van der Waals surface area contributed by atoms with E-state index in [-0.39, 0.29) is 17.3 Å². The van der Waals surface area contributed by atoms with E-state index >= 15 is 0 Å². The molecule has 0 aliphatic carbocycles. The highest BCUT2D eigenvalue weighted by molar-refractivity contribution is 7.92. The van der Waals surface area contributed by atoms with Crippen LogP contribution in [0.5, 0.6) is 5.75 Å². The molecule has 0 unspecified atom stereocenters. The minimum Gasteiger partial charge on any atom is -0.495 e. The Labute approximate surface area is 174 Å². The number of anilines is 1. The summed E-state index contributed by atoms with van der Waals surface area (Å²) in [6.45, 7) is 0.272. The van der Waals surface area contributed by atoms with Crippen LogP contribution in [0.2, 0.25) is 5.02 Å². The van der Waals surface area contributed by atoms with Crippen LogP contribution in [-0.2, 0) is 16.6 Å². The molecular formula is C21H19ClN2O4S. The van der Waals surface area contributed by atoms with Crippen molar-refractivity contribution in [1.82, 2.24) is 5.32 Å². The SMILES string of the molecule is COc1ccccc1NS(=O)(=O)c1ccc(C(=O)NCc2ccccc2Cl)cc1. The molecule has 2 N–H and O–H groups in total. The Bertz CT molecular complexity index is 1120. The minimum absolute atomic E-state index is 0.0334. The van der Waals surface area contributed by atoms with E-state index in [1.807, 2.05) is 18.2 Å². The van der Waals surface area contributed by atoms with Crippen LogP contribution in [0, 0.1) is 0 Å². The number of nitrogens with one attached hydrogen (secondary N) is 2. The predicted molar refractivity (Wildman–Crippen MR) is 113 cm³/mol. The highest BCUT2D eigenvalue weighted by Gasteiger charge is 2.17. The van der Waals surface area contributed by atoms with Crippen LogP contribution < -0.4 is 14.8 Å². The third-order valence-electron chi connectivity index (χ3n) is 4.18. The number of hydrogen-bond acceptors (Lipinski definition) is 4. The normalized spacial score (nSPS) is 11.0. The van der Waals surface area contributed by atoms with Crippen LogP contribution in [0.3, 0.4) is 0 Å². The molecule has 0 heterocycles. The van der Waals surface area contributed by atoms with Crippen LogP contribution >= 0.6 is 11.6 Å². The van der Waals surface area contributed by atoms with Crippen molar-refractivity contribution in [3.8, 4) is 5.75 Å². The van der Waals surface area contributed by atoms with Gasteiger partial charge in [-0.25, -0.2) is 8.42 Å². The molecule has 8 heteroatoms. The fourth-order valence-corrected chi connectivity index (χ4v) is 3.91. The van der Waals surface area contributed by atoms with E-state index in [0.717, 1.165) is 5.56 Å². The van der Waals surface area contributed by atoms with Gasteiger partial charge in [0, 0.05) is 17.1 Å². The zero-order valence-electron chi connectivity index (χ0n) is 15.6. The molecule has 0 spiro atoms. The second kappa shape index (κ2) is 8.98. The Morgan fingerprint density at radius 2 is 1.62 bits per heavy atom. The van der Waals surface area contributed by atoms with Gasteiger partial charge in [-0.15, -0.1) is 0 Å². The molecular weight excluding hydrogens is 412 g/mol. The van der Waals surface area contributed by atoms with Crippen molar-refractivity contribution in [2.75, 3.05) is 11.8 Å². The van der Waals surface area contributed by atoms with Crippen LogP contribution in [0.15, 0.2) is 77.7 Å². The molecule has 0 saturated carbocycles. The van der Waals surface area contributed by atoms with Gasteiger partial charge in [0.15, 0.2) is 0 Å². The van der Waals surface area contributed by atoms with Gasteiger partial charge in [-0.3, -0.25) is 9.52 Å². The number of benzene rings is 3. The highest BCUT2D eigenvalue weighted by atomic mass is 35.5. The van der Waals surface area contributed by atoms with E-state index in [9.17, 15) is 13.2 Å². The first-order valence-electron chi connectivity index (χ1n) is 8.68. The average Bonchev–Trinajstić information content (AvgIpc) is 2.73. The van der Waals surface area contributed by atoms with E-state index in [0.29, 0.717) is 22.0 Å². The summed E-state index contributed by atoms with van der Waals surface area (Å²) in [6.07, 6.45) is 0. The van der Waals surface area contributed by atoms with Gasteiger partial charge < -0.3 is 10.1 Å². The van der Waals surface area contributed by atoms with Crippen LogP contribution in [0.25, 0.3) is 0 Å². The topological polar surface area (TPSA) is 84.5 Å². The number of para-hydroxylation sites is 2. The molecule has 0 aliphatic heterocycles. The first kappa shape index (κ1) is 20.7. The van der Waals surface area contributed by atoms with Crippen molar-refractivity contribution in [3.05, 3.63) is 88.9 Å². The van der Waals surface area contributed by atoms with E-state index in [4.69, 9.17) is 16.3 Å². The lowest BCUT2D eigenvalue weighted by atomic mass is 10.2. The molecule has 0 atom stereocenters. The number of ether oxygens (including phenoxy) is 1. The summed E-state index contributed by atoms with van der Waals surface area (Å²) in [5, 5.41) is 3.33. The molecule has 3 aromatic carbocycles. The Hall–Kier alpha value is -3.03. The van der Waals surface area contributed by atoms with Crippen molar-refractivity contribution in [3.63, 3.8) is 0 Å². The summed E-state index contributed by atoms with van der Waals surface area (Å²) < 4.78 is 32.9. The fourth-order valence-electron chi connectivity index (χ4n) is 2.64. The third kappa shape index (κ3) is 5.07. The van der Waals surface area contributed by atoms with E-state index < -0.39 is 10.0 Å². The van der Waals surface area contributed by atoms with E-state index in [1.54, 1.807) is 30.3 Å². The maximum atomic E-state index is 12.6. The lowest BCUT2D eigenvalue weighted by Gasteiger charge is -2.12. The number of halogens is 1. The molecule has 0 bridgehead atoms. The fraction of sp³-hybridized carbons (Fsp3) is 0.0952.